The fourth-order valence-electron chi connectivity index (χ4n) is 4.97. The standard InChI is InChI=1S/C29H28FN9O2/c1-4-26(40)33-18-6-5-13-39(15-18)25-12-9-21-28(35-25)29(32-16-31-21)34-20-8-11-24(17(2)27(20)30)41-19-7-10-23-22(14-19)36-37-38(23)3/h4,7-12,14,16,18H,1,5-6,13,15H2,2-3H3,(H,33,40)(H,31,32,34). The Kier molecular flexibility index (Phi) is 6.88. The molecule has 11 nitrogen and oxygen atoms in total. The largest absolute Gasteiger partial charge is 0.457 e. The molecule has 2 N–H and O–H groups in total. The Morgan fingerprint density at radius 2 is 2.05 bits per heavy atom. The lowest BCUT2D eigenvalue weighted by molar-refractivity contribution is -0.117. The van der Waals surface area contributed by atoms with Crippen LogP contribution in [0.4, 0.5) is 21.7 Å². The zero-order valence-electron chi connectivity index (χ0n) is 22.6. The number of fused-ring (bicyclic) bond motifs is 2. The Labute approximate surface area is 235 Å². The monoisotopic (exact) mass is 553 g/mol. The van der Waals surface area contributed by atoms with Crippen molar-refractivity contribution in [3.8, 4) is 11.5 Å². The van der Waals surface area contributed by atoms with Gasteiger partial charge in [-0.15, -0.1) is 5.10 Å². The number of aryl methyl sites for hydroxylation is 1. The first-order valence-electron chi connectivity index (χ1n) is 13.2. The Balaban J connectivity index is 1.24. The zero-order valence-corrected chi connectivity index (χ0v) is 22.6. The van der Waals surface area contributed by atoms with Gasteiger partial charge in [-0.3, -0.25) is 4.79 Å². The number of pyridine rings is 1. The normalized spacial score (nSPS) is 15.2. The van der Waals surface area contributed by atoms with Crippen LogP contribution >= 0.6 is 0 Å². The highest BCUT2D eigenvalue weighted by Crippen LogP contribution is 2.33. The maximum absolute atomic E-state index is 15.6. The molecule has 12 heteroatoms. The van der Waals surface area contributed by atoms with Crippen LogP contribution in [0.3, 0.4) is 0 Å². The number of anilines is 3. The molecule has 1 fully saturated rings. The maximum atomic E-state index is 15.6. The van der Waals surface area contributed by atoms with Crippen LogP contribution in [0.1, 0.15) is 18.4 Å². The quantitative estimate of drug-likeness (QED) is 0.279. The van der Waals surface area contributed by atoms with Crippen LogP contribution in [0.15, 0.2) is 61.4 Å². The highest BCUT2D eigenvalue weighted by atomic mass is 19.1. The number of amides is 1. The third-order valence-electron chi connectivity index (χ3n) is 7.14. The molecule has 4 heterocycles. The molecule has 0 saturated carbocycles. The van der Waals surface area contributed by atoms with Gasteiger partial charge >= 0.3 is 0 Å². The van der Waals surface area contributed by atoms with Crippen molar-refractivity contribution in [3.63, 3.8) is 0 Å². The molecule has 2 aromatic carbocycles. The summed E-state index contributed by atoms with van der Waals surface area (Å²) in [6.45, 7) is 6.60. The van der Waals surface area contributed by atoms with E-state index in [1.54, 1.807) is 35.9 Å². The van der Waals surface area contributed by atoms with E-state index in [9.17, 15) is 4.79 Å². The minimum Gasteiger partial charge on any atom is -0.457 e. The van der Waals surface area contributed by atoms with Crippen LogP contribution in [0.25, 0.3) is 22.1 Å². The van der Waals surface area contributed by atoms with E-state index in [1.807, 2.05) is 25.2 Å². The third kappa shape index (κ3) is 5.23. The second kappa shape index (κ2) is 10.8. The number of carbonyl (C=O) groups excluding carboxylic acids is 1. The van der Waals surface area contributed by atoms with Crippen molar-refractivity contribution in [1.82, 2.24) is 35.3 Å². The molecule has 1 aliphatic heterocycles. The number of piperidine rings is 1. The van der Waals surface area contributed by atoms with E-state index in [2.05, 4.69) is 42.4 Å². The Morgan fingerprint density at radius 3 is 2.90 bits per heavy atom. The number of halogens is 1. The van der Waals surface area contributed by atoms with E-state index in [0.29, 0.717) is 46.0 Å². The van der Waals surface area contributed by atoms with Crippen molar-refractivity contribution in [2.45, 2.75) is 25.8 Å². The molecule has 1 unspecified atom stereocenters. The lowest BCUT2D eigenvalue weighted by Crippen LogP contribution is -2.47. The number of aromatic nitrogens is 6. The van der Waals surface area contributed by atoms with Crippen LogP contribution in [0.5, 0.6) is 11.5 Å². The van der Waals surface area contributed by atoms with Gasteiger partial charge in [-0.1, -0.05) is 11.8 Å². The molecule has 0 aliphatic carbocycles. The van der Waals surface area contributed by atoms with E-state index in [0.717, 1.165) is 30.7 Å². The minimum absolute atomic E-state index is 0.00305. The van der Waals surface area contributed by atoms with Gasteiger partial charge in [-0.2, -0.15) is 0 Å². The molecule has 3 aromatic heterocycles. The molecule has 6 rings (SSSR count). The molecule has 1 aliphatic rings. The average Bonchev–Trinajstić information content (AvgIpc) is 3.36. The average molecular weight is 554 g/mol. The van der Waals surface area contributed by atoms with Gasteiger partial charge in [0.2, 0.25) is 5.91 Å². The molecule has 1 atom stereocenters. The molecular weight excluding hydrogens is 525 g/mol. The number of benzene rings is 2. The smallest absolute Gasteiger partial charge is 0.243 e. The van der Waals surface area contributed by atoms with Crippen molar-refractivity contribution in [2.24, 2.45) is 7.05 Å². The van der Waals surface area contributed by atoms with E-state index in [1.165, 1.54) is 12.4 Å². The van der Waals surface area contributed by atoms with Crippen molar-refractivity contribution in [2.75, 3.05) is 23.3 Å². The van der Waals surface area contributed by atoms with Gasteiger partial charge in [0, 0.05) is 37.8 Å². The topological polar surface area (TPSA) is 123 Å². The number of nitrogens with zero attached hydrogens (tertiary/aromatic N) is 7. The summed E-state index contributed by atoms with van der Waals surface area (Å²) in [7, 11) is 1.81. The molecular formula is C29H28FN9O2. The minimum atomic E-state index is -0.470. The molecule has 1 saturated heterocycles. The number of ether oxygens (including phenoxy) is 1. The van der Waals surface area contributed by atoms with Crippen LogP contribution in [0.2, 0.25) is 0 Å². The van der Waals surface area contributed by atoms with Gasteiger partial charge in [-0.25, -0.2) is 24.0 Å². The zero-order chi connectivity index (χ0) is 28.5. The summed E-state index contributed by atoms with van der Waals surface area (Å²) < 4.78 is 23.2. The summed E-state index contributed by atoms with van der Waals surface area (Å²) in [5, 5.41) is 14.2. The number of hydrogen-bond acceptors (Lipinski definition) is 9. The molecule has 41 heavy (non-hydrogen) atoms. The van der Waals surface area contributed by atoms with Crippen LogP contribution in [0, 0.1) is 12.7 Å². The Hall–Kier alpha value is -5.13. The van der Waals surface area contributed by atoms with E-state index in [4.69, 9.17) is 9.72 Å². The van der Waals surface area contributed by atoms with Crippen molar-refractivity contribution in [1.29, 1.82) is 0 Å². The predicted octanol–water partition coefficient (Wildman–Crippen LogP) is 4.56. The molecule has 0 radical (unpaired) electrons. The first kappa shape index (κ1) is 26.1. The molecule has 0 spiro atoms. The van der Waals surface area contributed by atoms with Gasteiger partial charge in [0.05, 0.1) is 16.7 Å². The Bertz CT molecular complexity index is 1790. The highest BCUT2D eigenvalue weighted by Gasteiger charge is 2.23. The predicted molar refractivity (Wildman–Crippen MR) is 154 cm³/mol. The van der Waals surface area contributed by atoms with Crippen LogP contribution < -0.4 is 20.3 Å². The van der Waals surface area contributed by atoms with Gasteiger partial charge in [0.1, 0.15) is 34.7 Å². The number of rotatable bonds is 7. The molecule has 208 valence electrons. The molecule has 1 amide bonds. The fraction of sp³-hybridized carbons (Fsp3) is 0.241. The molecule has 0 bridgehead atoms. The van der Waals surface area contributed by atoms with Crippen molar-refractivity contribution >= 4 is 45.3 Å². The van der Waals surface area contributed by atoms with Crippen molar-refractivity contribution in [3.05, 3.63) is 72.8 Å². The summed E-state index contributed by atoms with van der Waals surface area (Å²) >= 11 is 0. The van der Waals surface area contributed by atoms with Gasteiger partial charge in [0.25, 0.3) is 0 Å². The maximum Gasteiger partial charge on any atom is 0.243 e. The summed E-state index contributed by atoms with van der Waals surface area (Å²) in [5.41, 5.74) is 3.26. The first-order chi connectivity index (χ1) is 19.9. The van der Waals surface area contributed by atoms with Gasteiger partial charge in [0.15, 0.2) is 11.6 Å². The van der Waals surface area contributed by atoms with E-state index < -0.39 is 5.82 Å². The Morgan fingerprint density at radius 1 is 1.17 bits per heavy atom. The lowest BCUT2D eigenvalue weighted by Gasteiger charge is -2.33. The van der Waals surface area contributed by atoms with Crippen LogP contribution in [-0.2, 0) is 11.8 Å². The SMILES string of the molecule is C=CC(=O)NC1CCCN(c2ccc3ncnc(Nc4ccc(Oc5ccc6c(c5)nnn6C)c(C)c4F)c3n2)C1. The molecule has 5 aromatic rings. The van der Waals surface area contributed by atoms with Crippen molar-refractivity contribution < 1.29 is 13.9 Å². The summed E-state index contributed by atoms with van der Waals surface area (Å²) in [4.78, 5) is 27.4. The van der Waals surface area contributed by atoms with Gasteiger partial charge in [-0.05, 0) is 62.2 Å². The third-order valence-corrected chi connectivity index (χ3v) is 7.14. The second-order valence-corrected chi connectivity index (χ2v) is 9.90. The number of carbonyl (C=O) groups is 1. The highest BCUT2D eigenvalue weighted by molar-refractivity contribution is 5.88. The van der Waals surface area contributed by atoms with E-state index >= 15 is 4.39 Å². The summed E-state index contributed by atoms with van der Waals surface area (Å²) in [6.07, 6.45) is 4.48. The summed E-state index contributed by atoms with van der Waals surface area (Å²) in [6, 6.07) is 12.5. The van der Waals surface area contributed by atoms with E-state index in [-0.39, 0.29) is 17.6 Å². The number of hydrogen-bond donors (Lipinski definition) is 2. The van der Waals surface area contributed by atoms with Crippen LogP contribution in [-0.4, -0.2) is 55.0 Å². The van der Waals surface area contributed by atoms with Gasteiger partial charge < -0.3 is 20.3 Å². The summed E-state index contributed by atoms with van der Waals surface area (Å²) in [5.74, 6) is 1.36. The lowest BCUT2D eigenvalue weighted by atomic mass is 10.1. The fourth-order valence-corrected chi connectivity index (χ4v) is 4.97. The number of nitrogens with one attached hydrogen (secondary N) is 2. The first-order valence-corrected chi connectivity index (χ1v) is 13.2. The second-order valence-electron chi connectivity index (χ2n) is 9.90.